The van der Waals surface area contributed by atoms with Crippen LogP contribution in [0.2, 0.25) is 0 Å². The number of carboxylic acids is 1. The maximum absolute atomic E-state index is 10.5. The minimum Gasteiger partial charge on any atom is -0.506 e. The summed E-state index contributed by atoms with van der Waals surface area (Å²) in [6.07, 6.45) is 0. The van der Waals surface area contributed by atoms with Gasteiger partial charge in [0, 0.05) is 10.4 Å². The lowest BCUT2D eigenvalue weighted by Crippen LogP contribution is -1.92. The first-order chi connectivity index (χ1) is 5.70. The molecule has 1 aliphatic heterocycles. The molecule has 1 aliphatic rings. The third kappa shape index (κ3) is 0.904. The van der Waals surface area contributed by atoms with Crippen molar-refractivity contribution < 1.29 is 19.7 Å². The van der Waals surface area contributed by atoms with Gasteiger partial charge < -0.3 is 14.9 Å². The van der Waals surface area contributed by atoms with E-state index in [2.05, 4.69) is 0 Å². The van der Waals surface area contributed by atoms with Crippen LogP contribution < -0.4 is 0 Å². The van der Waals surface area contributed by atoms with Crippen LogP contribution in [0.1, 0.15) is 20.1 Å². The summed E-state index contributed by atoms with van der Waals surface area (Å²) in [5.74, 6) is -1.20. The number of aromatic carboxylic acids is 1. The van der Waals surface area contributed by atoms with Crippen molar-refractivity contribution >= 4 is 17.3 Å². The fraction of sp³-hybridized carbons (Fsp3) is 0.286. The number of carbonyl (C=O) groups is 1. The van der Waals surface area contributed by atoms with Gasteiger partial charge in [-0.25, -0.2) is 4.79 Å². The fourth-order valence-electron chi connectivity index (χ4n) is 1.16. The molecule has 0 fully saturated rings. The van der Waals surface area contributed by atoms with E-state index in [4.69, 9.17) is 9.84 Å². The summed E-state index contributed by atoms with van der Waals surface area (Å²) in [6.45, 7) is 0.742. The Morgan fingerprint density at radius 2 is 2.25 bits per heavy atom. The van der Waals surface area contributed by atoms with Crippen molar-refractivity contribution in [1.82, 2.24) is 0 Å². The van der Waals surface area contributed by atoms with E-state index in [1.807, 2.05) is 0 Å². The zero-order chi connectivity index (χ0) is 8.72. The van der Waals surface area contributed by atoms with Crippen molar-refractivity contribution in [3.05, 3.63) is 15.3 Å². The minimum absolute atomic E-state index is 0.0169. The number of fused-ring (bicyclic) bond motifs is 1. The summed E-state index contributed by atoms with van der Waals surface area (Å²) >= 11 is 1.08. The summed E-state index contributed by atoms with van der Waals surface area (Å²) in [5.41, 5.74) is 0.636. The first-order valence-electron chi connectivity index (χ1n) is 3.34. The molecule has 0 unspecified atom stereocenters. The molecule has 1 aromatic rings. The monoisotopic (exact) mass is 186 g/mol. The van der Waals surface area contributed by atoms with Gasteiger partial charge in [0.2, 0.25) is 0 Å². The maximum atomic E-state index is 10.5. The molecule has 2 rings (SSSR count). The van der Waals surface area contributed by atoms with Crippen LogP contribution in [-0.2, 0) is 18.0 Å². The molecule has 0 spiro atoms. The normalized spacial score (nSPS) is 14.7. The van der Waals surface area contributed by atoms with Gasteiger partial charge >= 0.3 is 5.97 Å². The molecular weight excluding hydrogens is 180 g/mol. The summed E-state index contributed by atoms with van der Waals surface area (Å²) < 4.78 is 5.03. The molecule has 0 atom stereocenters. The van der Waals surface area contributed by atoms with Crippen LogP contribution in [0.25, 0.3) is 0 Å². The SMILES string of the molecule is O=C(O)c1sc2c(c1O)COC2. The number of thiophene rings is 1. The predicted molar refractivity (Wildman–Crippen MR) is 41.4 cm³/mol. The Balaban J connectivity index is 2.54. The lowest BCUT2D eigenvalue weighted by molar-refractivity contribution is 0.0698. The summed E-state index contributed by atoms with van der Waals surface area (Å²) in [4.78, 5) is 11.4. The summed E-state index contributed by atoms with van der Waals surface area (Å²) in [6, 6.07) is 0. The molecule has 2 heterocycles. The second-order valence-electron chi connectivity index (χ2n) is 2.48. The molecule has 0 aliphatic carbocycles. The van der Waals surface area contributed by atoms with Gasteiger partial charge in [-0.1, -0.05) is 0 Å². The second kappa shape index (κ2) is 2.46. The van der Waals surface area contributed by atoms with E-state index in [0.717, 1.165) is 16.2 Å². The number of carboxylic acid groups (broad SMARTS) is 1. The van der Waals surface area contributed by atoms with Gasteiger partial charge in [-0.05, 0) is 0 Å². The molecule has 0 radical (unpaired) electrons. The molecule has 64 valence electrons. The van der Waals surface area contributed by atoms with Crippen LogP contribution in [-0.4, -0.2) is 16.2 Å². The Morgan fingerprint density at radius 3 is 2.83 bits per heavy atom. The van der Waals surface area contributed by atoms with Crippen molar-refractivity contribution in [2.45, 2.75) is 13.2 Å². The average molecular weight is 186 g/mol. The van der Waals surface area contributed by atoms with Crippen molar-refractivity contribution in [2.24, 2.45) is 0 Å². The highest BCUT2D eigenvalue weighted by Gasteiger charge is 2.25. The smallest absolute Gasteiger partial charge is 0.349 e. The average Bonchev–Trinajstić information content (AvgIpc) is 2.53. The van der Waals surface area contributed by atoms with E-state index in [1.165, 1.54) is 0 Å². The highest BCUT2D eigenvalue weighted by Crippen LogP contribution is 2.38. The molecule has 12 heavy (non-hydrogen) atoms. The number of rotatable bonds is 1. The lowest BCUT2D eigenvalue weighted by Gasteiger charge is -1.93. The highest BCUT2D eigenvalue weighted by atomic mass is 32.1. The maximum Gasteiger partial charge on any atom is 0.349 e. The topological polar surface area (TPSA) is 66.8 Å². The zero-order valence-corrected chi connectivity index (χ0v) is 6.85. The van der Waals surface area contributed by atoms with Gasteiger partial charge in [-0.15, -0.1) is 11.3 Å². The highest BCUT2D eigenvalue weighted by molar-refractivity contribution is 7.14. The Morgan fingerprint density at radius 1 is 1.50 bits per heavy atom. The lowest BCUT2D eigenvalue weighted by atomic mass is 10.2. The fourth-order valence-corrected chi connectivity index (χ4v) is 2.13. The van der Waals surface area contributed by atoms with Gasteiger partial charge in [-0.2, -0.15) is 0 Å². The standard InChI is InChI=1S/C7H6O4S/c8-5-3-1-11-2-4(3)12-6(5)7(9)10/h8H,1-2H2,(H,9,10). The molecule has 0 bridgehead atoms. The molecule has 2 N–H and O–H groups in total. The van der Waals surface area contributed by atoms with Gasteiger partial charge in [0.15, 0.2) is 4.88 Å². The Labute approximate surface area is 72.0 Å². The van der Waals surface area contributed by atoms with Crippen molar-refractivity contribution in [3.8, 4) is 5.75 Å². The molecule has 1 aromatic heterocycles. The van der Waals surface area contributed by atoms with Crippen LogP contribution in [0, 0.1) is 0 Å². The van der Waals surface area contributed by atoms with Crippen molar-refractivity contribution in [1.29, 1.82) is 0 Å². The first-order valence-corrected chi connectivity index (χ1v) is 4.16. The van der Waals surface area contributed by atoms with Crippen molar-refractivity contribution in [2.75, 3.05) is 0 Å². The number of aromatic hydroxyl groups is 1. The summed E-state index contributed by atoms with van der Waals surface area (Å²) in [5, 5.41) is 18.0. The molecule has 0 saturated carbocycles. The van der Waals surface area contributed by atoms with Crippen LogP contribution in [0.5, 0.6) is 5.75 Å². The van der Waals surface area contributed by atoms with Crippen LogP contribution in [0.3, 0.4) is 0 Å². The third-order valence-electron chi connectivity index (χ3n) is 1.74. The van der Waals surface area contributed by atoms with E-state index in [0.29, 0.717) is 18.8 Å². The molecule has 0 saturated heterocycles. The van der Waals surface area contributed by atoms with Gasteiger partial charge in [-0.3, -0.25) is 0 Å². The van der Waals surface area contributed by atoms with E-state index in [-0.39, 0.29) is 10.6 Å². The minimum atomic E-state index is -1.08. The van der Waals surface area contributed by atoms with Crippen LogP contribution in [0.4, 0.5) is 0 Å². The molecule has 0 amide bonds. The quantitative estimate of drug-likeness (QED) is 0.691. The van der Waals surface area contributed by atoms with E-state index < -0.39 is 5.97 Å². The van der Waals surface area contributed by atoms with Crippen LogP contribution in [0.15, 0.2) is 0 Å². The van der Waals surface area contributed by atoms with Gasteiger partial charge in [0.25, 0.3) is 0 Å². The number of hydrogen-bond donors (Lipinski definition) is 2. The van der Waals surface area contributed by atoms with Gasteiger partial charge in [0.1, 0.15) is 5.75 Å². The van der Waals surface area contributed by atoms with Crippen molar-refractivity contribution in [3.63, 3.8) is 0 Å². The van der Waals surface area contributed by atoms with Gasteiger partial charge in [0.05, 0.1) is 13.2 Å². The molecular formula is C7H6O4S. The summed E-state index contributed by atoms with van der Waals surface area (Å²) in [7, 11) is 0. The van der Waals surface area contributed by atoms with Crippen LogP contribution >= 0.6 is 11.3 Å². The zero-order valence-electron chi connectivity index (χ0n) is 6.03. The Hall–Kier alpha value is -1.07. The Kier molecular flexibility index (Phi) is 1.55. The Bertz CT molecular complexity index is 341. The largest absolute Gasteiger partial charge is 0.506 e. The molecule has 4 nitrogen and oxygen atoms in total. The predicted octanol–water partition coefficient (Wildman–Crippen LogP) is 1.18. The third-order valence-corrected chi connectivity index (χ3v) is 2.92. The van der Waals surface area contributed by atoms with E-state index in [9.17, 15) is 9.90 Å². The molecule has 0 aromatic carbocycles. The second-order valence-corrected chi connectivity index (χ2v) is 3.58. The first kappa shape index (κ1) is 7.57. The number of hydrogen-bond acceptors (Lipinski definition) is 4. The van der Waals surface area contributed by atoms with E-state index in [1.54, 1.807) is 0 Å². The van der Waals surface area contributed by atoms with E-state index >= 15 is 0 Å². The molecule has 5 heteroatoms. The number of ether oxygens (including phenoxy) is 1.